The molecule has 0 radical (unpaired) electrons. The number of nitrogens with zero attached hydrogens (tertiary/aromatic N) is 2. The fraction of sp³-hybridized carbons (Fsp3) is 0.333. The van der Waals surface area contributed by atoms with Gasteiger partial charge in [-0.1, -0.05) is 18.2 Å². The van der Waals surface area contributed by atoms with Crippen LogP contribution in [0, 0.1) is 5.92 Å². The van der Waals surface area contributed by atoms with Gasteiger partial charge < -0.3 is 14.2 Å². The Morgan fingerprint density at radius 3 is 2.32 bits per heavy atom. The van der Waals surface area contributed by atoms with Gasteiger partial charge in [-0.25, -0.2) is 4.90 Å². The molecule has 0 N–H and O–H groups in total. The average Bonchev–Trinajstić information content (AvgIpc) is 3.19. The Balaban J connectivity index is 1.15. The molecule has 2 bridgehead atoms. The first-order valence-electron chi connectivity index (χ1n) is 12.9. The largest absolute Gasteiger partial charge is 0.493 e. The van der Waals surface area contributed by atoms with E-state index in [1.165, 1.54) is 37.1 Å². The third-order valence-electron chi connectivity index (χ3n) is 7.70. The van der Waals surface area contributed by atoms with E-state index in [2.05, 4.69) is 4.90 Å². The number of imide groups is 1. The lowest BCUT2D eigenvalue weighted by atomic mass is 9.80. The summed E-state index contributed by atoms with van der Waals surface area (Å²) in [4.78, 5) is 30.2. The van der Waals surface area contributed by atoms with Crippen LogP contribution in [-0.4, -0.2) is 49.6 Å². The topological polar surface area (TPSA) is 68.3 Å². The number of ether oxygens (including phenoxy) is 3. The number of hydrogen-bond donors (Lipinski definition) is 0. The molecule has 0 spiro atoms. The number of para-hydroxylation sites is 1. The van der Waals surface area contributed by atoms with E-state index >= 15 is 0 Å². The normalized spacial score (nSPS) is 20.7. The molecule has 190 valence electrons. The second-order valence-corrected chi connectivity index (χ2v) is 9.92. The molecule has 7 heteroatoms. The number of methoxy groups -OCH3 is 1. The van der Waals surface area contributed by atoms with Gasteiger partial charge in [0.1, 0.15) is 18.1 Å². The summed E-state index contributed by atoms with van der Waals surface area (Å²) >= 11 is 0. The van der Waals surface area contributed by atoms with E-state index in [4.69, 9.17) is 14.2 Å². The van der Waals surface area contributed by atoms with Crippen LogP contribution in [0.1, 0.15) is 46.4 Å². The lowest BCUT2D eigenvalue weighted by molar-refractivity contribution is 0.0385. The molecule has 3 aromatic rings. The molecule has 0 unspecified atom stereocenters. The van der Waals surface area contributed by atoms with Crippen molar-refractivity contribution >= 4 is 17.5 Å². The molecule has 0 aromatic heterocycles. The fourth-order valence-corrected chi connectivity index (χ4v) is 5.78. The predicted molar refractivity (Wildman–Crippen MR) is 140 cm³/mol. The van der Waals surface area contributed by atoms with Crippen molar-refractivity contribution in [2.75, 3.05) is 31.7 Å². The van der Waals surface area contributed by atoms with Gasteiger partial charge in [0.15, 0.2) is 11.5 Å². The van der Waals surface area contributed by atoms with Gasteiger partial charge in [-0.05, 0) is 74.1 Å². The SMILES string of the molecule is COc1cc(N2C(=O)c3ccc(Oc4ccccc4)cc3C2=O)ccc1OCCN1CC2CCC1CC2. The van der Waals surface area contributed by atoms with Crippen LogP contribution < -0.4 is 19.1 Å². The Hall–Kier alpha value is -3.84. The van der Waals surface area contributed by atoms with Gasteiger partial charge in [0.25, 0.3) is 11.8 Å². The number of carbonyl (C=O) groups excluding carboxylic acids is 2. The van der Waals surface area contributed by atoms with Crippen molar-refractivity contribution in [2.24, 2.45) is 5.92 Å². The Labute approximate surface area is 216 Å². The number of anilines is 1. The number of piperidine rings is 2. The summed E-state index contributed by atoms with van der Waals surface area (Å²) in [6.45, 7) is 2.62. The van der Waals surface area contributed by atoms with Gasteiger partial charge in [-0.2, -0.15) is 0 Å². The molecular formula is C30H30N2O5. The van der Waals surface area contributed by atoms with E-state index in [-0.39, 0.29) is 5.91 Å². The third-order valence-corrected chi connectivity index (χ3v) is 7.70. The summed E-state index contributed by atoms with van der Waals surface area (Å²) in [6, 6.07) is 20.1. The highest BCUT2D eigenvalue weighted by atomic mass is 16.5. The fourth-order valence-electron chi connectivity index (χ4n) is 5.78. The number of benzene rings is 3. The maximum atomic E-state index is 13.3. The van der Waals surface area contributed by atoms with Gasteiger partial charge in [0, 0.05) is 25.2 Å². The van der Waals surface area contributed by atoms with E-state index in [9.17, 15) is 9.59 Å². The molecule has 7 rings (SSSR count). The Kier molecular flexibility index (Phi) is 6.30. The molecule has 1 aliphatic carbocycles. The quantitative estimate of drug-likeness (QED) is 0.380. The Bertz CT molecular complexity index is 1320. The molecule has 3 aliphatic heterocycles. The highest BCUT2D eigenvalue weighted by molar-refractivity contribution is 6.34. The molecule has 2 amide bonds. The van der Waals surface area contributed by atoms with Gasteiger partial charge in [0.05, 0.1) is 23.9 Å². The van der Waals surface area contributed by atoms with E-state index in [0.717, 1.165) is 12.5 Å². The highest BCUT2D eigenvalue weighted by Crippen LogP contribution is 2.38. The lowest BCUT2D eigenvalue weighted by Gasteiger charge is -2.45. The molecule has 7 nitrogen and oxygen atoms in total. The molecule has 3 heterocycles. The van der Waals surface area contributed by atoms with Crippen LogP contribution in [0.4, 0.5) is 5.69 Å². The first-order valence-corrected chi connectivity index (χ1v) is 12.9. The summed E-state index contributed by atoms with van der Waals surface area (Å²) in [6.07, 6.45) is 5.30. The van der Waals surface area contributed by atoms with Crippen molar-refractivity contribution in [2.45, 2.75) is 31.7 Å². The van der Waals surface area contributed by atoms with Gasteiger partial charge in [-0.15, -0.1) is 0 Å². The van der Waals surface area contributed by atoms with Crippen LogP contribution in [-0.2, 0) is 0 Å². The molecule has 3 aromatic carbocycles. The van der Waals surface area contributed by atoms with Gasteiger partial charge in [0.2, 0.25) is 0 Å². The summed E-state index contributed by atoms with van der Waals surface area (Å²) in [5, 5.41) is 0. The van der Waals surface area contributed by atoms with Crippen LogP contribution in [0.15, 0.2) is 66.7 Å². The minimum atomic E-state index is -0.394. The lowest BCUT2D eigenvalue weighted by Crippen LogP contribution is -2.49. The predicted octanol–water partition coefficient (Wildman–Crippen LogP) is 5.54. The number of carbonyl (C=O) groups is 2. The molecule has 3 fully saturated rings. The molecule has 4 aliphatic rings. The van der Waals surface area contributed by atoms with Crippen molar-refractivity contribution in [3.63, 3.8) is 0 Å². The molecule has 37 heavy (non-hydrogen) atoms. The highest BCUT2D eigenvalue weighted by Gasteiger charge is 2.37. The standard InChI is InChI=1S/C30H30N2O5/c1-35-28-17-22(11-14-27(28)36-16-15-31-19-20-7-9-21(31)10-8-20)32-29(33)25-13-12-24(18-26(25)30(32)34)37-23-5-3-2-4-6-23/h2-6,11-14,17-18,20-21H,7-10,15-16,19H2,1H3. The maximum Gasteiger partial charge on any atom is 0.266 e. The monoisotopic (exact) mass is 498 g/mol. The first kappa shape index (κ1) is 23.6. The zero-order valence-electron chi connectivity index (χ0n) is 20.9. The van der Waals surface area contributed by atoms with Crippen molar-refractivity contribution < 1.29 is 23.8 Å². The summed E-state index contributed by atoms with van der Waals surface area (Å²) < 4.78 is 17.5. The molecule has 1 saturated carbocycles. The van der Waals surface area contributed by atoms with Crippen molar-refractivity contribution in [1.82, 2.24) is 4.90 Å². The molecule has 0 atom stereocenters. The van der Waals surface area contributed by atoms with E-state index in [1.54, 1.807) is 43.5 Å². The van der Waals surface area contributed by atoms with Crippen molar-refractivity contribution in [3.8, 4) is 23.0 Å². The van der Waals surface area contributed by atoms with Crippen LogP contribution in [0.5, 0.6) is 23.0 Å². The number of amides is 2. The Morgan fingerprint density at radius 1 is 0.811 bits per heavy atom. The van der Waals surface area contributed by atoms with Crippen LogP contribution in [0.2, 0.25) is 0 Å². The van der Waals surface area contributed by atoms with Crippen LogP contribution in [0.3, 0.4) is 0 Å². The molecular weight excluding hydrogens is 468 g/mol. The third kappa shape index (κ3) is 4.55. The van der Waals surface area contributed by atoms with Gasteiger partial charge in [-0.3, -0.25) is 14.5 Å². The average molecular weight is 499 g/mol. The zero-order valence-corrected chi connectivity index (χ0v) is 20.9. The smallest absolute Gasteiger partial charge is 0.266 e. The number of rotatable bonds is 8. The second-order valence-electron chi connectivity index (χ2n) is 9.92. The summed E-state index contributed by atoms with van der Waals surface area (Å²) in [5.41, 5.74) is 1.10. The minimum absolute atomic E-state index is 0.313. The van der Waals surface area contributed by atoms with E-state index in [0.29, 0.717) is 52.5 Å². The van der Waals surface area contributed by atoms with Crippen LogP contribution in [0.25, 0.3) is 0 Å². The van der Waals surface area contributed by atoms with E-state index < -0.39 is 5.91 Å². The van der Waals surface area contributed by atoms with Gasteiger partial charge >= 0.3 is 0 Å². The Morgan fingerprint density at radius 2 is 1.59 bits per heavy atom. The van der Waals surface area contributed by atoms with Crippen molar-refractivity contribution in [3.05, 3.63) is 77.9 Å². The number of fused-ring (bicyclic) bond motifs is 4. The van der Waals surface area contributed by atoms with Crippen molar-refractivity contribution in [1.29, 1.82) is 0 Å². The summed E-state index contributed by atoms with van der Waals surface area (Å²) in [5.74, 6) is 2.31. The zero-order chi connectivity index (χ0) is 25.4. The van der Waals surface area contributed by atoms with Crippen LogP contribution >= 0.6 is 0 Å². The minimum Gasteiger partial charge on any atom is -0.493 e. The maximum absolute atomic E-state index is 13.3. The first-order chi connectivity index (χ1) is 18.1. The second kappa shape index (κ2) is 9.90. The molecule has 2 saturated heterocycles. The number of hydrogen-bond acceptors (Lipinski definition) is 6. The van der Waals surface area contributed by atoms with E-state index in [1.807, 2.05) is 30.3 Å². The summed E-state index contributed by atoms with van der Waals surface area (Å²) in [7, 11) is 1.56.